The summed E-state index contributed by atoms with van der Waals surface area (Å²) in [5.41, 5.74) is 5.47. The number of pyridine rings is 2. The Balaban J connectivity index is 0.000000161. The number of fused-ring (bicyclic) bond motifs is 4. The maximum Gasteiger partial charge on any atom is 0.0163 e. The van der Waals surface area contributed by atoms with Crippen molar-refractivity contribution < 1.29 is 20.1 Å². The molecule has 2 nitrogen and oxygen atoms in total. The van der Waals surface area contributed by atoms with E-state index in [1.54, 1.807) is 0 Å². The molecule has 0 bridgehead atoms. The predicted molar refractivity (Wildman–Crippen MR) is 168 cm³/mol. The van der Waals surface area contributed by atoms with Crippen molar-refractivity contribution in [2.24, 2.45) is 0 Å². The van der Waals surface area contributed by atoms with E-state index in [9.17, 15) is 0 Å². The average molecular weight is 707 g/mol. The molecule has 2 aromatic heterocycles. The van der Waals surface area contributed by atoms with E-state index in [0.717, 1.165) is 22.5 Å². The summed E-state index contributed by atoms with van der Waals surface area (Å²) in [6, 6.07) is 46.4. The van der Waals surface area contributed by atoms with Gasteiger partial charge < -0.3 is 9.97 Å². The molecule has 0 saturated carbocycles. The van der Waals surface area contributed by atoms with Crippen molar-refractivity contribution in [3.05, 3.63) is 145 Å². The summed E-state index contributed by atoms with van der Waals surface area (Å²) in [7, 11) is 0. The first-order valence-corrected chi connectivity index (χ1v) is 13.6. The van der Waals surface area contributed by atoms with E-state index < -0.39 is 0 Å². The second-order valence-electron chi connectivity index (χ2n) is 11.0. The topological polar surface area (TPSA) is 25.8 Å². The molecule has 203 valence electrons. The third-order valence-corrected chi connectivity index (χ3v) is 7.20. The molecule has 0 atom stereocenters. The van der Waals surface area contributed by atoms with E-state index in [-0.39, 0.29) is 25.5 Å². The fourth-order valence-corrected chi connectivity index (χ4v) is 4.93. The van der Waals surface area contributed by atoms with Crippen molar-refractivity contribution in [2.45, 2.75) is 26.2 Å². The van der Waals surface area contributed by atoms with Crippen molar-refractivity contribution in [2.75, 3.05) is 0 Å². The number of hydrogen-bond donors (Lipinski definition) is 0. The third kappa shape index (κ3) is 6.28. The first-order valence-electron chi connectivity index (χ1n) is 13.6. The largest absolute Gasteiger partial charge is 0.305 e. The van der Waals surface area contributed by atoms with Crippen LogP contribution in [0.5, 0.6) is 0 Å². The molecular formula is C38H30IrN2-2. The van der Waals surface area contributed by atoms with E-state index in [1.165, 1.54) is 37.9 Å². The molecular weight excluding hydrogens is 677 g/mol. The summed E-state index contributed by atoms with van der Waals surface area (Å²) >= 11 is 0. The average Bonchev–Trinajstić information content (AvgIpc) is 3.01. The Morgan fingerprint density at radius 1 is 0.512 bits per heavy atom. The van der Waals surface area contributed by atoms with Gasteiger partial charge >= 0.3 is 0 Å². The molecule has 5 aromatic carbocycles. The van der Waals surface area contributed by atoms with Crippen LogP contribution in [0.15, 0.2) is 128 Å². The SMILES string of the molecule is CC(C)(C)c1ccnc(-c2[c-]cc3ccccc3c2)c1.[Ir].[c-]1cc2ccc3ccccc3c2cc1-c1ccccn1. The molecule has 1 radical (unpaired) electrons. The fraction of sp³-hybridized carbons (Fsp3) is 0.105. The van der Waals surface area contributed by atoms with Crippen LogP contribution in [0.1, 0.15) is 26.3 Å². The van der Waals surface area contributed by atoms with Crippen LogP contribution in [0.4, 0.5) is 0 Å². The van der Waals surface area contributed by atoms with E-state index in [0.29, 0.717) is 0 Å². The number of nitrogens with zero attached hydrogens (tertiary/aromatic N) is 2. The van der Waals surface area contributed by atoms with Gasteiger partial charge in [-0.2, -0.15) is 0 Å². The molecule has 3 heteroatoms. The van der Waals surface area contributed by atoms with E-state index in [1.807, 2.05) is 48.8 Å². The van der Waals surface area contributed by atoms with Gasteiger partial charge in [-0.15, -0.1) is 52.9 Å². The summed E-state index contributed by atoms with van der Waals surface area (Å²) in [6.45, 7) is 6.66. The molecule has 2 heterocycles. The molecule has 41 heavy (non-hydrogen) atoms. The van der Waals surface area contributed by atoms with Gasteiger partial charge in [0.15, 0.2) is 0 Å². The molecule has 0 saturated heterocycles. The molecule has 0 unspecified atom stereocenters. The van der Waals surface area contributed by atoms with Crippen LogP contribution in [0.25, 0.3) is 54.8 Å². The molecule has 0 aliphatic rings. The molecule has 7 rings (SSSR count). The normalized spacial score (nSPS) is 11.1. The number of aromatic nitrogens is 2. The van der Waals surface area contributed by atoms with Gasteiger partial charge in [-0.05, 0) is 45.3 Å². The second-order valence-corrected chi connectivity index (χ2v) is 11.0. The molecule has 0 amide bonds. The maximum absolute atomic E-state index is 4.50. The Morgan fingerprint density at radius 2 is 1.15 bits per heavy atom. The van der Waals surface area contributed by atoms with Crippen molar-refractivity contribution in [3.63, 3.8) is 0 Å². The van der Waals surface area contributed by atoms with E-state index in [2.05, 4.69) is 122 Å². The zero-order valence-electron chi connectivity index (χ0n) is 23.4. The standard InChI is InChI=1S/C19H12N.C19H18N.Ir/c1-2-6-17-14(5-1)8-9-15-10-11-16(13-18(15)17)19-7-3-4-12-20-19;1-19(2,3)17-10-11-20-18(13-17)16-9-8-14-6-4-5-7-15(14)12-16;/h1-10,12-13H;4-8,10-13H,1-3H3;/q2*-1;. The Kier molecular flexibility index (Phi) is 8.40. The van der Waals surface area contributed by atoms with Crippen molar-refractivity contribution in [1.29, 1.82) is 0 Å². The van der Waals surface area contributed by atoms with Crippen LogP contribution in [-0.4, -0.2) is 9.97 Å². The van der Waals surface area contributed by atoms with Crippen LogP contribution < -0.4 is 0 Å². The molecule has 0 aliphatic carbocycles. The van der Waals surface area contributed by atoms with Crippen LogP contribution in [0, 0.1) is 12.1 Å². The molecule has 0 N–H and O–H groups in total. The minimum atomic E-state index is 0. The van der Waals surface area contributed by atoms with Gasteiger partial charge in [-0.1, -0.05) is 116 Å². The van der Waals surface area contributed by atoms with Gasteiger partial charge in [0.1, 0.15) is 0 Å². The summed E-state index contributed by atoms with van der Waals surface area (Å²) in [6.07, 6.45) is 3.70. The minimum absolute atomic E-state index is 0. The van der Waals surface area contributed by atoms with Gasteiger partial charge in [0.25, 0.3) is 0 Å². The second kappa shape index (κ2) is 12.1. The monoisotopic (exact) mass is 707 g/mol. The Bertz CT molecular complexity index is 1940. The Morgan fingerprint density at radius 3 is 1.90 bits per heavy atom. The van der Waals surface area contributed by atoms with Gasteiger partial charge in [0.2, 0.25) is 0 Å². The van der Waals surface area contributed by atoms with Crippen molar-refractivity contribution >= 4 is 32.3 Å². The van der Waals surface area contributed by atoms with Crippen LogP contribution in [0.2, 0.25) is 0 Å². The Hall–Kier alpha value is -4.17. The number of benzene rings is 5. The number of hydrogen-bond acceptors (Lipinski definition) is 2. The minimum Gasteiger partial charge on any atom is -0.305 e. The molecule has 7 aromatic rings. The summed E-state index contributed by atoms with van der Waals surface area (Å²) < 4.78 is 0. The summed E-state index contributed by atoms with van der Waals surface area (Å²) in [4.78, 5) is 8.90. The quantitative estimate of drug-likeness (QED) is 0.132. The van der Waals surface area contributed by atoms with Crippen molar-refractivity contribution in [1.82, 2.24) is 9.97 Å². The molecule has 0 spiro atoms. The van der Waals surface area contributed by atoms with Gasteiger partial charge in [0, 0.05) is 32.5 Å². The van der Waals surface area contributed by atoms with Crippen molar-refractivity contribution in [3.8, 4) is 22.5 Å². The Labute approximate surface area is 255 Å². The first-order chi connectivity index (χ1) is 19.5. The van der Waals surface area contributed by atoms with E-state index in [4.69, 9.17) is 0 Å². The fourth-order valence-electron chi connectivity index (χ4n) is 4.93. The molecule has 0 aliphatic heterocycles. The molecule has 0 fully saturated rings. The van der Waals surface area contributed by atoms with Crippen LogP contribution >= 0.6 is 0 Å². The van der Waals surface area contributed by atoms with E-state index >= 15 is 0 Å². The van der Waals surface area contributed by atoms with Crippen LogP contribution in [0.3, 0.4) is 0 Å². The summed E-state index contributed by atoms with van der Waals surface area (Å²) in [5.74, 6) is 0. The predicted octanol–water partition coefficient (Wildman–Crippen LogP) is 9.85. The first kappa shape index (κ1) is 28.4. The smallest absolute Gasteiger partial charge is 0.0163 e. The zero-order valence-corrected chi connectivity index (χ0v) is 25.7. The number of rotatable bonds is 2. The maximum atomic E-state index is 4.50. The summed E-state index contributed by atoms with van der Waals surface area (Å²) in [5, 5.41) is 7.44. The van der Waals surface area contributed by atoms with Gasteiger partial charge in [-0.3, -0.25) is 0 Å². The van der Waals surface area contributed by atoms with Crippen LogP contribution in [-0.2, 0) is 25.5 Å². The third-order valence-electron chi connectivity index (χ3n) is 7.20. The van der Waals surface area contributed by atoms with Gasteiger partial charge in [0.05, 0.1) is 0 Å². The zero-order chi connectivity index (χ0) is 27.5. The van der Waals surface area contributed by atoms with Gasteiger partial charge in [-0.25, -0.2) is 0 Å².